The van der Waals surface area contributed by atoms with Gasteiger partial charge in [0, 0.05) is 6.54 Å². The predicted octanol–water partition coefficient (Wildman–Crippen LogP) is 2.04. The number of nitrogens with one attached hydrogen (secondary N) is 1. The molecule has 1 aliphatic rings. The molecule has 0 aliphatic heterocycles. The Morgan fingerprint density at radius 1 is 1.42 bits per heavy atom. The lowest BCUT2D eigenvalue weighted by atomic mass is 9.95. The molecule has 1 saturated carbocycles. The Kier molecular flexibility index (Phi) is 6.80. The maximum atomic E-state index is 11.9. The molecular weight excluding hydrogens is 240 g/mol. The van der Waals surface area contributed by atoms with Gasteiger partial charge in [-0.2, -0.15) is 0 Å². The molecule has 112 valence electrons. The first-order valence-electron chi connectivity index (χ1n) is 7.56. The molecule has 0 saturated heterocycles. The number of unbranched alkanes of at least 4 members (excludes halogenated alkanes) is 1. The highest BCUT2D eigenvalue weighted by Gasteiger charge is 2.32. The van der Waals surface area contributed by atoms with E-state index < -0.39 is 5.54 Å². The topological polar surface area (TPSA) is 41.6 Å². The molecule has 0 aromatic rings. The van der Waals surface area contributed by atoms with E-state index in [0.29, 0.717) is 6.61 Å². The zero-order chi connectivity index (χ0) is 14.3. The number of likely N-dealkylation sites (N-methyl/N-ethyl adjacent to an activating group) is 1. The third-order valence-electron chi connectivity index (χ3n) is 4.01. The van der Waals surface area contributed by atoms with Crippen molar-refractivity contribution >= 4 is 5.97 Å². The fourth-order valence-electron chi connectivity index (χ4n) is 2.31. The molecule has 19 heavy (non-hydrogen) atoms. The van der Waals surface area contributed by atoms with E-state index in [-0.39, 0.29) is 5.97 Å². The monoisotopic (exact) mass is 270 g/mol. The van der Waals surface area contributed by atoms with Crippen LogP contribution in [-0.4, -0.2) is 50.2 Å². The van der Waals surface area contributed by atoms with Gasteiger partial charge in [-0.25, -0.2) is 0 Å². The highest BCUT2D eigenvalue weighted by molar-refractivity contribution is 5.80. The summed E-state index contributed by atoms with van der Waals surface area (Å²) in [6.45, 7) is 6.58. The van der Waals surface area contributed by atoms with Crippen molar-refractivity contribution in [3.8, 4) is 0 Å². The quantitative estimate of drug-likeness (QED) is 0.487. The van der Waals surface area contributed by atoms with Gasteiger partial charge in [-0.3, -0.25) is 4.79 Å². The van der Waals surface area contributed by atoms with E-state index in [1.54, 1.807) is 0 Å². The van der Waals surface area contributed by atoms with Crippen molar-refractivity contribution < 1.29 is 9.53 Å². The van der Waals surface area contributed by atoms with Crippen molar-refractivity contribution in [1.82, 2.24) is 10.2 Å². The van der Waals surface area contributed by atoms with Gasteiger partial charge in [-0.05, 0) is 72.5 Å². The van der Waals surface area contributed by atoms with Crippen molar-refractivity contribution in [3.63, 3.8) is 0 Å². The second-order valence-electron chi connectivity index (χ2n) is 5.97. The Bertz CT molecular complexity index is 279. The number of ether oxygens (including phenoxy) is 1. The van der Waals surface area contributed by atoms with Crippen molar-refractivity contribution in [2.75, 3.05) is 33.8 Å². The first-order chi connectivity index (χ1) is 9.01. The summed E-state index contributed by atoms with van der Waals surface area (Å²) in [5.74, 6) is 0.816. The van der Waals surface area contributed by atoms with Crippen LogP contribution in [0.3, 0.4) is 0 Å². The summed E-state index contributed by atoms with van der Waals surface area (Å²) in [6.07, 6.45) is 5.83. The van der Waals surface area contributed by atoms with Crippen LogP contribution in [-0.2, 0) is 9.53 Å². The molecular formula is C15H30N2O2. The van der Waals surface area contributed by atoms with E-state index in [2.05, 4.69) is 17.3 Å². The molecule has 0 aromatic heterocycles. The molecule has 0 aromatic carbocycles. The fourth-order valence-corrected chi connectivity index (χ4v) is 2.31. The number of carbonyl (C=O) groups excluding carboxylic acids is 1. The summed E-state index contributed by atoms with van der Waals surface area (Å²) >= 11 is 0. The maximum Gasteiger partial charge on any atom is 0.326 e. The molecule has 1 unspecified atom stereocenters. The first-order valence-corrected chi connectivity index (χ1v) is 7.56. The van der Waals surface area contributed by atoms with Crippen molar-refractivity contribution in [2.24, 2.45) is 5.92 Å². The maximum absolute atomic E-state index is 11.9. The van der Waals surface area contributed by atoms with Gasteiger partial charge >= 0.3 is 5.97 Å². The first kappa shape index (κ1) is 16.4. The minimum absolute atomic E-state index is 0.135. The summed E-state index contributed by atoms with van der Waals surface area (Å²) in [6, 6.07) is 0. The Morgan fingerprint density at radius 2 is 2.11 bits per heavy atom. The van der Waals surface area contributed by atoms with E-state index >= 15 is 0 Å². The summed E-state index contributed by atoms with van der Waals surface area (Å²) < 4.78 is 5.13. The van der Waals surface area contributed by atoms with Crippen molar-refractivity contribution in [1.29, 1.82) is 0 Å². The molecule has 1 aliphatic carbocycles. The zero-order valence-electron chi connectivity index (χ0n) is 13.0. The molecule has 0 bridgehead atoms. The SMILES string of the molecule is CCOC(=O)C(C)(CCCCN(C)CC1CC1)NC. The van der Waals surface area contributed by atoms with Gasteiger partial charge < -0.3 is 15.0 Å². The number of hydrogen-bond acceptors (Lipinski definition) is 4. The molecule has 1 atom stereocenters. The standard InChI is InChI=1S/C15H30N2O2/c1-5-19-14(18)15(2,16-3)10-6-7-11-17(4)12-13-8-9-13/h13,16H,5-12H2,1-4H3. The molecule has 1 fully saturated rings. The van der Waals surface area contributed by atoms with Gasteiger partial charge in [0.05, 0.1) is 6.61 Å². The Morgan fingerprint density at radius 3 is 2.63 bits per heavy atom. The Balaban J connectivity index is 2.18. The van der Waals surface area contributed by atoms with Crippen LogP contribution >= 0.6 is 0 Å². The van der Waals surface area contributed by atoms with Crippen LogP contribution in [0.25, 0.3) is 0 Å². The minimum atomic E-state index is -0.537. The number of nitrogens with zero attached hydrogens (tertiary/aromatic N) is 1. The summed E-state index contributed by atoms with van der Waals surface area (Å²) in [7, 11) is 4.02. The lowest BCUT2D eigenvalue weighted by molar-refractivity contribution is -0.150. The lowest BCUT2D eigenvalue weighted by Crippen LogP contribution is -2.48. The third-order valence-corrected chi connectivity index (χ3v) is 4.01. The number of hydrogen-bond donors (Lipinski definition) is 1. The van der Waals surface area contributed by atoms with Gasteiger partial charge in [0.1, 0.15) is 5.54 Å². The average Bonchev–Trinajstić information content (AvgIpc) is 3.18. The highest BCUT2D eigenvalue weighted by Crippen LogP contribution is 2.29. The van der Waals surface area contributed by atoms with E-state index in [1.165, 1.54) is 19.4 Å². The van der Waals surface area contributed by atoms with Crippen molar-refractivity contribution in [2.45, 2.75) is 51.5 Å². The van der Waals surface area contributed by atoms with Gasteiger partial charge in [0.25, 0.3) is 0 Å². The number of carbonyl (C=O) groups is 1. The minimum Gasteiger partial charge on any atom is -0.465 e. The smallest absolute Gasteiger partial charge is 0.326 e. The van der Waals surface area contributed by atoms with Gasteiger partial charge in [-0.1, -0.05) is 0 Å². The van der Waals surface area contributed by atoms with Crippen LogP contribution in [0.2, 0.25) is 0 Å². The zero-order valence-corrected chi connectivity index (χ0v) is 13.0. The van der Waals surface area contributed by atoms with Crippen LogP contribution < -0.4 is 5.32 Å². The largest absolute Gasteiger partial charge is 0.465 e. The molecule has 0 spiro atoms. The van der Waals surface area contributed by atoms with E-state index in [4.69, 9.17) is 4.74 Å². The normalized spacial score (nSPS) is 18.4. The molecule has 0 radical (unpaired) electrons. The average molecular weight is 270 g/mol. The third kappa shape index (κ3) is 5.91. The van der Waals surface area contributed by atoms with E-state index in [1.807, 2.05) is 20.9 Å². The van der Waals surface area contributed by atoms with Crippen LogP contribution in [0, 0.1) is 5.92 Å². The molecule has 1 N–H and O–H groups in total. The number of rotatable bonds is 10. The lowest BCUT2D eigenvalue weighted by Gasteiger charge is -2.27. The van der Waals surface area contributed by atoms with Gasteiger partial charge in [-0.15, -0.1) is 0 Å². The highest BCUT2D eigenvalue weighted by atomic mass is 16.5. The Labute approximate surface area is 117 Å². The summed E-state index contributed by atoms with van der Waals surface area (Å²) in [5, 5.41) is 3.11. The molecule has 0 heterocycles. The van der Waals surface area contributed by atoms with Crippen LogP contribution in [0.1, 0.15) is 46.0 Å². The van der Waals surface area contributed by atoms with Crippen LogP contribution in [0.5, 0.6) is 0 Å². The Hall–Kier alpha value is -0.610. The summed E-state index contributed by atoms with van der Waals surface area (Å²) in [4.78, 5) is 14.3. The summed E-state index contributed by atoms with van der Waals surface area (Å²) in [5.41, 5.74) is -0.537. The van der Waals surface area contributed by atoms with E-state index in [0.717, 1.165) is 31.7 Å². The van der Waals surface area contributed by atoms with Crippen LogP contribution in [0.15, 0.2) is 0 Å². The van der Waals surface area contributed by atoms with Gasteiger partial charge in [0.15, 0.2) is 0 Å². The second-order valence-corrected chi connectivity index (χ2v) is 5.97. The molecule has 4 nitrogen and oxygen atoms in total. The second kappa shape index (κ2) is 7.85. The van der Waals surface area contributed by atoms with Gasteiger partial charge in [0.2, 0.25) is 0 Å². The van der Waals surface area contributed by atoms with Crippen LogP contribution in [0.4, 0.5) is 0 Å². The van der Waals surface area contributed by atoms with Crippen molar-refractivity contribution in [3.05, 3.63) is 0 Å². The molecule has 0 amide bonds. The fraction of sp³-hybridized carbons (Fsp3) is 0.933. The number of esters is 1. The van der Waals surface area contributed by atoms with E-state index in [9.17, 15) is 4.79 Å². The molecule has 4 heteroatoms. The predicted molar refractivity (Wildman–Crippen MR) is 78.2 cm³/mol. The molecule has 1 rings (SSSR count).